The molecular formula is C11H21N5O. The number of aliphatic hydroxyl groups excluding tert-OH is 1. The van der Waals surface area contributed by atoms with Gasteiger partial charge in [-0.25, -0.2) is 15.8 Å². The summed E-state index contributed by atoms with van der Waals surface area (Å²) < 4.78 is 0. The van der Waals surface area contributed by atoms with E-state index in [1.165, 1.54) is 6.33 Å². The number of nitrogens with two attached hydrogens (primary N) is 1. The van der Waals surface area contributed by atoms with E-state index in [1.807, 2.05) is 6.92 Å². The fourth-order valence-corrected chi connectivity index (χ4v) is 1.62. The van der Waals surface area contributed by atoms with Crippen LogP contribution in [0.4, 0.5) is 11.6 Å². The molecule has 1 aromatic rings. The van der Waals surface area contributed by atoms with Crippen LogP contribution >= 0.6 is 0 Å². The number of hydrogen-bond acceptors (Lipinski definition) is 6. The van der Waals surface area contributed by atoms with Gasteiger partial charge in [0.25, 0.3) is 0 Å². The van der Waals surface area contributed by atoms with Crippen molar-refractivity contribution in [3.05, 3.63) is 11.9 Å². The van der Waals surface area contributed by atoms with Gasteiger partial charge in [0.1, 0.15) is 18.0 Å². The van der Waals surface area contributed by atoms with Crippen LogP contribution in [0.5, 0.6) is 0 Å². The molecule has 0 saturated carbocycles. The summed E-state index contributed by atoms with van der Waals surface area (Å²) in [6.45, 7) is 5.09. The molecule has 0 aliphatic heterocycles. The number of nitrogens with zero attached hydrogens (tertiary/aromatic N) is 2. The number of nitrogens with one attached hydrogen (secondary N) is 2. The van der Waals surface area contributed by atoms with Crippen molar-refractivity contribution in [1.82, 2.24) is 9.97 Å². The first-order valence-corrected chi connectivity index (χ1v) is 5.88. The number of aliphatic hydroxyl groups is 1. The normalized spacial score (nSPS) is 12.2. The average Bonchev–Trinajstić information content (AvgIpc) is 2.36. The SMILES string of the molecule is CCc1c(NN)ncnc1NCC(C)CCO. The van der Waals surface area contributed by atoms with E-state index >= 15 is 0 Å². The van der Waals surface area contributed by atoms with Gasteiger partial charge in [-0.1, -0.05) is 13.8 Å². The summed E-state index contributed by atoms with van der Waals surface area (Å²) in [6.07, 6.45) is 3.06. The Balaban J connectivity index is 2.70. The zero-order chi connectivity index (χ0) is 12.7. The molecule has 0 radical (unpaired) electrons. The molecule has 1 rings (SSSR count). The number of hydrazine groups is 1. The quantitative estimate of drug-likeness (QED) is 0.414. The van der Waals surface area contributed by atoms with Crippen molar-refractivity contribution in [3.8, 4) is 0 Å². The summed E-state index contributed by atoms with van der Waals surface area (Å²) in [5.41, 5.74) is 3.55. The lowest BCUT2D eigenvalue weighted by atomic mass is 10.1. The maximum absolute atomic E-state index is 8.84. The molecule has 1 unspecified atom stereocenters. The Bertz CT molecular complexity index is 345. The van der Waals surface area contributed by atoms with Crippen LogP contribution < -0.4 is 16.6 Å². The molecule has 0 spiro atoms. The van der Waals surface area contributed by atoms with Crippen molar-refractivity contribution in [2.45, 2.75) is 26.7 Å². The molecule has 6 heteroatoms. The average molecular weight is 239 g/mol. The molecule has 0 aliphatic rings. The summed E-state index contributed by atoms with van der Waals surface area (Å²) in [4.78, 5) is 8.27. The zero-order valence-electron chi connectivity index (χ0n) is 10.4. The van der Waals surface area contributed by atoms with Crippen molar-refractivity contribution >= 4 is 11.6 Å². The van der Waals surface area contributed by atoms with E-state index in [4.69, 9.17) is 10.9 Å². The van der Waals surface area contributed by atoms with Gasteiger partial charge in [0.05, 0.1) is 0 Å². The minimum Gasteiger partial charge on any atom is -0.396 e. The summed E-state index contributed by atoms with van der Waals surface area (Å²) in [6, 6.07) is 0. The molecule has 6 nitrogen and oxygen atoms in total. The van der Waals surface area contributed by atoms with Gasteiger partial charge in [-0.3, -0.25) is 0 Å². The van der Waals surface area contributed by atoms with Gasteiger partial charge in [-0.05, 0) is 18.8 Å². The monoisotopic (exact) mass is 239 g/mol. The fraction of sp³-hybridized carbons (Fsp3) is 0.636. The molecule has 5 N–H and O–H groups in total. The van der Waals surface area contributed by atoms with Gasteiger partial charge in [0, 0.05) is 18.7 Å². The molecule has 1 atom stereocenters. The molecular weight excluding hydrogens is 218 g/mol. The van der Waals surface area contributed by atoms with Crippen LogP contribution in [0.3, 0.4) is 0 Å². The number of aromatic nitrogens is 2. The smallest absolute Gasteiger partial charge is 0.148 e. The zero-order valence-corrected chi connectivity index (χ0v) is 10.4. The van der Waals surface area contributed by atoms with Crippen molar-refractivity contribution in [2.24, 2.45) is 11.8 Å². The predicted octanol–water partition coefficient (Wildman–Crippen LogP) is 0.755. The van der Waals surface area contributed by atoms with E-state index in [1.54, 1.807) is 0 Å². The third-order valence-corrected chi connectivity index (χ3v) is 2.68. The fourth-order valence-electron chi connectivity index (χ4n) is 1.62. The Morgan fingerprint density at radius 3 is 2.71 bits per heavy atom. The molecule has 1 aromatic heterocycles. The maximum atomic E-state index is 8.84. The Kier molecular flexibility index (Phi) is 5.65. The highest BCUT2D eigenvalue weighted by Gasteiger charge is 2.09. The van der Waals surface area contributed by atoms with E-state index in [0.29, 0.717) is 11.7 Å². The summed E-state index contributed by atoms with van der Waals surface area (Å²) in [5.74, 6) is 7.25. The largest absolute Gasteiger partial charge is 0.396 e. The third kappa shape index (κ3) is 3.83. The van der Waals surface area contributed by atoms with Crippen molar-refractivity contribution < 1.29 is 5.11 Å². The van der Waals surface area contributed by atoms with Crippen LogP contribution in [0.25, 0.3) is 0 Å². The Morgan fingerprint density at radius 1 is 1.41 bits per heavy atom. The van der Waals surface area contributed by atoms with Crippen molar-refractivity contribution in [3.63, 3.8) is 0 Å². The van der Waals surface area contributed by atoms with E-state index in [-0.39, 0.29) is 6.61 Å². The number of nitrogen functional groups attached to an aromatic ring is 1. The number of hydrogen-bond donors (Lipinski definition) is 4. The summed E-state index contributed by atoms with van der Waals surface area (Å²) >= 11 is 0. The van der Waals surface area contributed by atoms with E-state index < -0.39 is 0 Å². The summed E-state index contributed by atoms with van der Waals surface area (Å²) in [7, 11) is 0. The highest BCUT2D eigenvalue weighted by atomic mass is 16.3. The van der Waals surface area contributed by atoms with E-state index in [9.17, 15) is 0 Å². The first kappa shape index (κ1) is 13.7. The standard InChI is InChI=1S/C11H21N5O/c1-3-9-10(13-6-8(2)4-5-17)14-7-15-11(9)16-12/h7-8,17H,3-6,12H2,1-2H3,(H2,13,14,15,16). The second-order valence-corrected chi connectivity index (χ2v) is 4.05. The van der Waals surface area contributed by atoms with E-state index in [0.717, 1.165) is 30.8 Å². The number of rotatable bonds is 7. The Hall–Kier alpha value is -1.40. The third-order valence-electron chi connectivity index (χ3n) is 2.68. The molecule has 17 heavy (non-hydrogen) atoms. The van der Waals surface area contributed by atoms with Gasteiger partial charge < -0.3 is 15.8 Å². The Labute approximate surface area is 102 Å². The highest BCUT2D eigenvalue weighted by molar-refractivity contribution is 5.56. The molecule has 0 aromatic carbocycles. The predicted molar refractivity (Wildman–Crippen MR) is 68.6 cm³/mol. The second kappa shape index (κ2) is 7.03. The van der Waals surface area contributed by atoms with Crippen LogP contribution in [0.15, 0.2) is 6.33 Å². The van der Waals surface area contributed by atoms with Gasteiger partial charge in [0.15, 0.2) is 0 Å². The first-order chi connectivity index (χ1) is 8.22. The van der Waals surface area contributed by atoms with Gasteiger partial charge in [-0.2, -0.15) is 0 Å². The maximum Gasteiger partial charge on any atom is 0.148 e. The summed E-state index contributed by atoms with van der Waals surface area (Å²) in [5, 5.41) is 12.1. The second-order valence-electron chi connectivity index (χ2n) is 4.05. The number of anilines is 2. The molecule has 0 bridgehead atoms. The first-order valence-electron chi connectivity index (χ1n) is 5.88. The van der Waals surface area contributed by atoms with Crippen molar-refractivity contribution in [2.75, 3.05) is 23.9 Å². The highest BCUT2D eigenvalue weighted by Crippen LogP contribution is 2.19. The lowest BCUT2D eigenvalue weighted by Crippen LogP contribution is -2.17. The van der Waals surface area contributed by atoms with Gasteiger partial charge >= 0.3 is 0 Å². The molecule has 0 aliphatic carbocycles. The van der Waals surface area contributed by atoms with E-state index in [2.05, 4.69) is 27.6 Å². The van der Waals surface area contributed by atoms with Crippen LogP contribution in [0.2, 0.25) is 0 Å². The molecule has 0 amide bonds. The Morgan fingerprint density at radius 2 is 2.12 bits per heavy atom. The minimum atomic E-state index is 0.211. The minimum absolute atomic E-state index is 0.211. The lowest BCUT2D eigenvalue weighted by molar-refractivity contribution is 0.266. The van der Waals surface area contributed by atoms with Crippen molar-refractivity contribution in [1.29, 1.82) is 0 Å². The lowest BCUT2D eigenvalue weighted by Gasteiger charge is -2.15. The van der Waals surface area contributed by atoms with Crippen LogP contribution in [0.1, 0.15) is 25.8 Å². The van der Waals surface area contributed by atoms with Gasteiger partial charge in [-0.15, -0.1) is 0 Å². The van der Waals surface area contributed by atoms with Crippen LogP contribution in [-0.4, -0.2) is 28.2 Å². The molecule has 96 valence electrons. The van der Waals surface area contributed by atoms with Crippen LogP contribution in [0, 0.1) is 5.92 Å². The topological polar surface area (TPSA) is 96.1 Å². The molecule has 0 fully saturated rings. The molecule has 1 heterocycles. The van der Waals surface area contributed by atoms with Gasteiger partial charge in [0.2, 0.25) is 0 Å². The van der Waals surface area contributed by atoms with Crippen LogP contribution in [-0.2, 0) is 6.42 Å². The molecule has 0 saturated heterocycles.